The number of para-hydroxylation sites is 1. The molecule has 116 valence electrons. The zero-order valence-electron chi connectivity index (χ0n) is 12.8. The number of rotatable bonds is 5. The van der Waals surface area contributed by atoms with Crippen LogP contribution in [0.3, 0.4) is 0 Å². The number of carbonyl (C=O) groups excluding carboxylic acids is 1. The normalized spacial score (nSPS) is 10.5. The van der Waals surface area contributed by atoms with Gasteiger partial charge in [0.25, 0.3) is 0 Å². The lowest BCUT2D eigenvalue weighted by atomic mass is 10.2. The van der Waals surface area contributed by atoms with Crippen molar-refractivity contribution in [1.29, 1.82) is 0 Å². The molecule has 5 heteroatoms. The number of ether oxygens (including phenoxy) is 1. The summed E-state index contributed by atoms with van der Waals surface area (Å²) in [4.78, 5) is 16.0. The van der Waals surface area contributed by atoms with Crippen molar-refractivity contribution in [2.24, 2.45) is 0 Å². The Labute approximate surface area is 134 Å². The van der Waals surface area contributed by atoms with E-state index >= 15 is 0 Å². The van der Waals surface area contributed by atoms with Gasteiger partial charge in [-0.1, -0.05) is 48.5 Å². The summed E-state index contributed by atoms with van der Waals surface area (Å²) in [5, 5.41) is 4.61. The number of methoxy groups -OCH3 is 1. The van der Waals surface area contributed by atoms with Crippen LogP contribution >= 0.6 is 0 Å². The van der Waals surface area contributed by atoms with Gasteiger partial charge in [-0.3, -0.25) is 4.79 Å². The molecule has 0 radical (unpaired) electrons. The summed E-state index contributed by atoms with van der Waals surface area (Å²) in [6.07, 6.45) is 0.748. The quantitative estimate of drug-likeness (QED) is 0.680. The van der Waals surface area contributed by atoms with Gasteiger partial charge >= 0.3 is 5.97 Å². The molecular weight excluding hydrogens is 290 g/mol. The molecule has 0 atom stereocenters. The number of hydrogen-bond acceptors (Lipinski definition) is 4. The number of carbonyl (C=O) groups is 1. The molecule has 0 amide bonds. The van der Waals surface area contributed by atoms with Crippen LogP contribution in [0.1, 0.15) is 12.2 Å². The summed E-state index contributed by atoms with van der Waals surface area (Å²) in [5.41, 5.74) is 1.86. The van der Waals surface area contributed by atoms with E-state index in [1.165, 1.54) is 7.11 Å². The third kappa shape index (κ3) is 3.45. The first kappa shape index (κ1) is 15.0. The van der Waals surface area contributed by atoms with Crippen LogP contribution < -0.4 is 0 Å². The van der Waals surface area contributed by atoms with Crippen LogP contribution in [-0.4, -0.2) is 27.8 Å². The van der Waals surface area contributed by atoms with E-state index in [-0.39, 0.29) is 12.4 Å². The minimum Gasteiger partial charge on any atom is -0.469 e. The Kier molecular flexibility index (Phi) is 4.47. The van der Waals surface area contributed by atoms with Crippen LogP contribution in [-0.2, 0) is 16.0 Å². The average Bonchev–Trinajstić information content (AvgIpc) is 3.05. The molecular formula is C18H17N3O2. The maximum atomic E-state index is 11.4. The van der Waals surface area contributed by atoms with E-state index in [2.05, 4.69) is 10.1 Å². The summed E-state index contributed by atoms with van der Waals surface area (Å²) in [5.74, 6) is 1.13. The molecule has 0 aliphatic rings. The molecule has 0 spiro atoms. The van der Waals surface area contributed by atoms with Gasteiger partial charge in [0.1, 0.15) is 5.82 Å². The smallest absolute Gasteiger partial charge is 0.305 e. The molecule has 3 aromatic rings. The zero-order chi connectivity index (χ0) is 16.1. The highest BCUT2D eigenvalue weighted by molar-refractivity contribution is 5.69. The molecule has 2 aromatic carbocycles. The molecule has 0 fully saturated rings. The molecule has 5 nitrogen and oxygen atoms in total. The van der Waals surface area contributed by atoms with Gasteiger partial charge in [0.15, 0.2) is 5.82 Å². The van der Waals surface area contributed by atoms with Gasteiger partial charge in [-0.2, -0.15) is 0 Å². The van der Waals surface area contributed by atoms with Crippen molar-refractivity contribution in [3.05, 3.63) is 66.5 Å². The van der Waals surface area contributed by atoms with Gasteiger partial charge in [-0.05, 0) is 12.1 Å². The van der Waals surface area contributed by atoms with Crippen LogP contribution in [0.25, 0.3) is 17.1 Å². The average molecular weight is 307 g/mol. The SMILES string of the molecule is COC(=O)CCc1nc(-c2ccccc2)nn1-c1ccccc1. The number of esters is 1. The second-order valence-corrected chi connectivity index (χ2v) is 5.04. The Morgan fingerprint density at radius 2 is 1.70 bits per heavy atom. The first-order chi connectivity index (χ1) is 11.3. The van der Waals surface area contributed by atoms with Crippen molar-refractivity contribution < 1.29 is 9.53 Å². The predicted octanol–water partition coefficient (Wildman–Crippen LogP) is 3.04. The maximum absolute atomic E-state index is 11.4. The molecule has 0 N–H and O–H groups in total. The van der Waals surface area contributed by atoms with Crippen LogP contribution in [0.4, 0.5) is 0 Å². The van der Waals surface area contributed by atoms with Gasteiger partial charge in [0.05, 0.1) is 19.2 Å². The monoisotopic (exact) mass is 307 g/mol. The molecule has 0 bridgehead atoms. The van der Waals surface area contributed by atoms with E-state index in [9.17, 15) is 4.79 Å². The minimum atomic E-state index is -0.256. The van der Waals surface area contributed by atoms with Crippen molar-refractivity contribution in [3.63, 3.8) is 0 Å². The zero-order valence-corrected chi connectivity index (χ0v) is 12.8. The van der Waals surface area contributed by atoms with Crippen molar-refractivity contribution in [1.82, 2.24) is 14.8 Å². The highest BCUT2D eigenvalue weighted by Gasteiger charge is 2.14. The van der Waals surface area contributed by atoms with Crippen molar-refractivity contribution in [3.8, 4) is 17.1 Å². The first-order valence-corrected chi connectivity index (χ1v) is 7.41. The highest BCUT2D eigenvalue weighted by Crippen LogP contribution is 2.19. The fourth-order valence-corrected chi connectivity index (χ4v) is 2.31. The summed E-state index contributed by atoms with van der Waals surface area (Å²) < 4.78 is 6.50. The Bertz CT molecular complexity index is 783. The number of nitrogens with zero attached hydrogens (tertiary/aromatic N) is 3. The summed E-state index contributed by atoms with van der Waals surface area (Å²) in [7, 11) is 1.39. The predicted molar refractivity (Wildman–Crippen MR) is 87.1 cm³/mol. The molecule has 3 rings (SSSR count). The second kappa shape index (κ2) is 6.87. The molecule has 23 heavy (non-hydrogen) atoms. The number of aryl methyl sites for hydroxylation is 1. The Morgan fingerprint density at radius 3 is 2.35 bits per heavy atom. The van der Waals surface area contributed by atoms with E-state index in [0.717, 1.165) is 17.1 Å². The van der Waals surface area contributed by atoms with E-state index in [0.29, 0.717) is 12.2 Å². The summed E-state index contributed by atoms with van der Waals surface area (Å²) in [6.45, 7) is 0. The topological polar surface area (TPSA) is 57.0 Å². The fourth-order valence-electron chi connectivity index (χ4n) is 2.31. The van der Waals surface area contributed by atoms with Gasteiger partial charge in [-0.25, -0.2) is 9.67 Å². The minimum absolute atomic E-state index is 0.256. The Morgan fingerprint density at radius 1 is 1.04 bits per heavy atom. The Hall–Kier alpha value is -2.95. The molecule has 0 aliphatic heterocycles. The molecule has 0 saturated heterocycles. The van der Waals surface area contributed by atoms with E-state index < -0.39 is 0 Å². The van der Waals surface area contributed by atoms with Crippen LogP contribution in [0.15, 0.2) is 60.7 Å². The third-order valence-electron chi connectivity index (χ3n) is 3.49. The highest BCUT2D eigenvalue weighted by atomic mass is 16.5. The van der Waals surface area contributed by atoms with Gasteiger partial charge in [-0.15, -0.1) is 5.10 Å². The lowest BCUT2D eigenvalue weighted by molar-refractivity contribution is -0.140. The lowest BCUT2D eigenvalue weighted by Crippen LogP contribution is -2.07. The fraction of sp³-hybridized carbons (Fsp3) is 0.167. The van der Waals surface area contributed by atoms with E-state index in [1.54, 1.807) is 4.68 Å². The maximum Gasteiger partial charge on any atom is 0.305 e. The number of benzene rings is 2. The number of hydrogen-bond donors (Lipinski definition) is 0. The molecule has 0 unspecified atom stereocenters. The van der Waals surface area contributed by atoms with Crippen LogP contribution in [0, 0.1) is 0 Å². The van der Waals surface area contributed by atoms with E-state index in [4.69, 9.17) is 4.74 Å². The largest absolute Gasteiger partial charge is 0.469 e. The van der Waals surface area contributed by atoms with Crippen molar-refractivity contribution >= 4 is 5.97 Å². The van der Waals surface area contributed by atoms with Crippen molar-refractivity contribution in [2.45, 2.75) is 12.8 Å². The molecule has 0 saturated carbocycles. The summed E-state index contributed by atoms with van der Waals surface area (Å²) >= 11 is 0. The van der Waals surface area contributed by atoms with Gasteiger partial charge < -0.3 is 4.74 Å². The standard InChI is InChI=1S/C18H17N3O2/c1-23-17(22)13-12-16-19-18(14-8-4-2-5-9-14)20-21(16)15-10-6-3-7-11-15/h2-11H,12-13H2,1H3. The second-order valence-electron chi connectivity index (χ2n) is 5.04. The first-order valence-electron chi connectivity index (χ1n) is 7.41. The van der Waals surface area contributed by atoms with Gasteiger partial charge in [0, 0.05) is 12.0 Å². The van der Waals surface area contributed by atoms with Crippen molar-refractivity contribution in [2.75, 3.05) is 7.11 Å². The summed E-state index contributed by atoms with van der Waals surface area (Å²) in [6, 6.07) is 19.6. The third-order valence-corrected chi connectivity index (χ3v) is 3.49. The van der Waals surface area contributed by atoms with E-state index in [1.807, 2.05) is 60.7 Å². The van der Waals surface area contributed by atoms with Gasteiger partial charge in [0.2, 0.25) is 0 Å². The lowest BCUT2D eigenvalue weighted by Gasteiger charge is -2.04. The number of aromatic nitrogens is 3. The van der Waals surface area contributed by atoms with Crippen LogP contribution in [0.5, 0.6) is 0 Å². The molecule has 0 aliphatic carbocycles. The Balaban J connectivity index is 1.98. The molecule has 1 aromatic heterocycles. The molecule has 1 heterocycles. The van der Waals surface area contributed by atoms with Crippen LogP contribution in [0.2, 0.25) is 0 Å².